The summed E-state index contributed by atoms with van der Waals surface area (Å²) in [6.07, 6.45) is 2.64. The molecule has 0 aliphatic rings. The van der Waals surface area contributed by atoms with Gasteiger partial charge in [-0.05, 0) is 42.7 Å². The summed E-state index contributed by atoms with van der Waals surface area (Å²) in [4.78, 5) is 25.7. The number of aryl methyl sites for hydroxylation is 1. The number of nitrogens with zero attached hydrogens (tertiary/aromatic N) is 2. The lowest BCUT2D eigenvalue weighted by molar-refractivity contribution is -0.119. The fourth-order valence-corrected chi connectivity index (χ4v) is 3.64. The molecule has 0 saturated carbocycles. The third kappa shape index (κ3) is 6.90. The number of nitrogens with one attached hydrogen (secondary N) is 1. The Kier molecular flexibility index (Phi) is 7.78. The van der Waals surface area contributed by atoms with Gasteiger partial charge in [0.1, 0.15) is 6.54 Å². The highest BCUT2D eigenvalue weighted by molar-refractivity contribution is 7.92. The third-order valence-corrected chi connectivity index (χ3v) is 5.44. The van der Waals surface area contributed by atoms with Gasteiger partial charge in [0, 0.05) is 26.2 Å². The van der Waals surface area contributed by atoms with Gasteiger partial charge in [0.15, 0.2) is 0 Å². The van der Waals surface area contributed by atoms with Crippen molar-refractivity contribution in [1.29, 1.82) is 0 Å². The molecule has 2 amide bonds. The van der Waals surface area contributed by atoms with Crippen LogP contribution in [0.4, 0.5) is 5.69 Å². The Balaban J connectivity index is 1.96. The molecule has 0 heterocycles. The number of anilines is 1. The molecule has 7 nitrogen and oxygen atoms in total. The van der Waals surface area contributed by atoms with E-state index in [2.05, 4.69) is 5.32 Å². The summed E-state index contributed by atoms with van der Waals surface area (Å²) in [7, 11) is -0.379. The molecule has 0 unspecified atom stereocenters. The summed E-state index contributed by atoms with van der Waals surface area (Å²) in [6, 6.07) is 16.1. The van der Waals surface area contributed by atoms with Crippen LogP contribution in [0, 0.1) is 0 Å². The summed E-state index contributed by atoms with van der Waals surface area (Å²) >= 11 is 0. The number of amides is 2. The topological polar surface area (TPSA) is 86.8 Å². The van der Waals surface area contributed by atoms with Crippen LogP contribution in [0.1, 0.15) is 22.3 Å². The van der Waals surface area contributed by atoms with Crippen molar-refractivity contribution in [2.24, 2.45) is 0 Å². The Morgan fingerprint density at radius 2 is 1.59 bits per heavy atom. The van der Waals surface area contributed by atoms with E-state index in [4.69, 9.17) is 0 Å². The molecule has 2 aromatic rings. The molecule has 0 aliphatic carbocycles. The molecule has 0 fully saturated rings. The summed E-state index contributed by atoms with van der Waals surface area (Å²) < 4.78 is 25.4. The van der Waals surface area contributed by atoms with Crippen LogP contribution >= 0.6 is 0 Å². The molecule has 0 aromatic heterocycles. The number of carbonyl (C=O) groups is 2. The zero-order chi connectivity index (χ0) is 21.4. The normalized spacial score (nSPS) is 11.0. The third-order valence-electron chi connectivity index (χ3n) is 4.30. The minimum Gasteiger partial charge on any atom is -0.355 e. The predicted molar refractivity (Wildman–Crippen MR) is 114 cm³/mol. The lowest BCUT2D eigenvalue weighted by Crippen LogP contribution is -2.40. The van der Waals surface area contributed by atoms with E-state index in [9.17, 15) is 18.0 Å². The molecule has 29 heavy (non-hydrogen) atoms. The molecule has 156 valence electrons. The Bertz CT molecular complexity index is 926. The van der Waals surface area contributed by atoms with Crippen LogP contribution in [-0.2, 0) is 21.2 Å². The van der Waals surface area contributed by atoms with Gasteiger partial charge < -0.3 is 10.2 Å². The average molecular weight is 418 g/mol. The van der Waals surface area contributed by atoms with Crippen molar-refractivity contribution >= 4 is 27.5 Å². The second-order valence-electron chi connectivity index (χ2n) is 6.96. The monoisotopic (exact) mass is 417 g/mol. The van der Waals surface area contributed by atoms with Gasteiger partial charge in [-0.1, -0.05) is 30.3 Å². The van der Waals surface area contributed by atoms with Gasteiger partial charge in [-0.2, -0.15) is 0 Å². The first-order chi connectivity index (χ1) is 13.7. The molecule has 0 aliphatic heterocycles. The van der Waals surface area contributed by atoms with E-state index < -0.39 is 10.0 Å². The summed E-state index contributed by atoms with van der Waals surface area (Å²) in [5.74, 6) is -0.560. The van der Waals surface area contributed by atoms with Gasteiger partial charge in [0.2, 0.25) is 15.9 Å². The highest BCUT2D eigenvalue weighted by Crippen LogP contribution is 2.18. The van der Waals surface area contributed by atoms with Crippen molar-refractivity contribution < 1.29 is 18.0 Å². The zero-order valence-corrected chi connectivity index (χ0v) is 17.8. The van der Waals surface area contributed by atoms with Gasteiger partial charge in [-0.15, -0.1) is 0 Å². The minimum absolute atomic E-state index is 0.182. The summed E-state index contributed by atoms with van der Waals surface area (Å²) in [5.41, 5.74) is 1.96. The minimum atomic E-state index is -3.66. The molecule has 1 N–H and O–H groups in total. The van der Waals surface area contributed by atoms with Crippen LogP contribution in [0.25, 0.3) is 0 Å². The number of hydrogen-bond acceptors (Lipinski definition) is 4. The molecule has 0 spiro atoms. The maximum absolute atomic E-state index is 12.3. The van der Waals surface area contributed by atoms with E-state index in [1.807, 2.05) is 30.3 Å². The second kappa shape index (κ2) is 10.1. The largest absolute Gasteiger partial charge is 0.355 e. The second-order valence-corrected chi connectivity index (χ2v) is 8.86. The molecule has 2 aromatic carbocycles. The highest BCUT2D eigenvalue weighted by Gasteiger charge is 2.21. The number of sulfonamides is 1. The Labute approximate surface area is 172 Å². The van der Waals surface area contributed by atoms with E-state index in [1.165, 1.54) is 22.6 Å². The Hall–Kier alpha value is -2.87. The number of carbonyl (C=O) groups excluding carboxylic acids is 2. The van der Waals surface area contributed by atoms with Crippen molar-refractivity contribution in [3.63, 3.8) is 0 Å². The van der Waals surface area contributed by atoms with E-state index in [-0.39, 0.29) is 18.4 Å². The Morgan fingerprint density at radius 3 is 2.14 bits per heavy atom. The Morgan fingerprint density at radius 1 is 0.966 bits per heavy atom. The average Bonchev–Trinajstić information content (AvgIpc) is 2.69. The predicted octanol–water partition coefficient (Wildman–Crippen LogP) is 1.90. The first-order valence-electron chi connectivity index (χ1n) is 9.28. The van der Waals surface area contributed by atoms with Crippen LogP contribution in [0.3, 0.4) is 0 Å². The molecular formula is C21H27N3O4S. The van der Waals surface area contributed by atoms with Crippen molar-refractivity contribution in [2.75, 3.05) is 37.7 Å². The van der Waals surface area contributed by atoms with Gasteiger partial charge in [0.05, 0.1) is 11.9 Å². The van der Waals surface area contributed by atoms with Crippen LogP contribution in [0.15, 0.2) is 54.6 Å². The van der Waals surface area contributed by atoms with E-state index in [0.29, 0.717) is 17.8 Å². The SMILES string of the molecule is CN(C)C(=O)c1ccc(N(CC(=O)NCCCc2ccccc2)S(C)(=O)=O)cc1. The maximum atomic E-state index is 12.3. The van der Waals surface area contributed by atoms with Crippen LogP contribution < -0.4 is 9.62 Å². The molecule has 2 rings (SSSR count). The maximum Gasteiger partial charge on any atom is 0.253 e. The van der Waals surface area contributed by atoms with Crippen LogP contribution in [0.2, 0.25) is 0 Å². The van der Waals surface area contributed by atoms with Crippen molar-refractivity contribution in [3.05, 3.63) is 65.7 Å². The fraction of sp³-hybridized carbons (Fsp3) is 0.333. The first kappa shape index (κ1) is 22.4. The first-order valence-corrected chi connectivity index (χ1v) is 11.1. The molecule has 0 atom stereocenters. The van der Waals surface area contributed by atoms with Crippen LogP contribution in [-0.4, -0.2) is 58.6 Å². The van der Waals surface area contributed by atoms with E-state index >= 15 is 0 Å². The van der Waals surface area contributed by atoms with Crippen molar-refractivity contribution in [3.8, 4) is 0 Å². The molecular weight excluding hydrogens is 390 g/mol. The van der Waals surface area contributed by atoms with Gasteiger partial charge >= 0.3 is 0 Å². The number of rotatable bonds is 9. The van der Waals surface area contributed by atoms with Crippen molar-refractivity contribution in [1.82, 2.24) is 10.2 Å². The lowest BCUT2D eigenvalue weighted by atomic mass is 10.1. The zero-order valence-electron chi connectivity index (χ0n) is 17.0. The molecule has 0 bridgehead atoms. The molecule has 8 heteroatoms. The van der Waals surface area contributed by atoms with Gasteiger partial charge in [-0.3, -0.25) is 13.9 Å². The quantitative estimate of drug-likeness (QED) is 0.632. The van der Waals surface area contributed by atoms with Gasteiger partial charge in [-0.25, -0.2) is 8.42 Å². The summed E-state index contributed by atoms with van der Waals surface area (Å²) in [6.45, 7) is 0.146. The number of benzene rings is 2. The highest BCUT2D eigenvalue weighted by atomic mass is 32.2. The fourth-order valence-electron chi connectivity index (χ4n) is 2.78. The summed E-state index contributed by atoms with van der Waals surface area (Å²) in [5, 5.41) is 2.76. The lowest BCUT2D eigenvalue weighted by Gasteiger charge is -2.22. The standard InChI is InChI=1S/C21H27N3O4S/c1-23(2)21(26)18-11-13-19(14-12-18)24(29(3,27)28)16-20(25)22-15-7-10-17-8-5-4-6-9-17/h4-6,8-9,11-14H,7,10,15-16H2,1-3H3,(H,22,25). The van der Waals surface area contributed by atoms with E-state index in [0.717, 1.165) is 23.4 Å². The van der Waals surface area contributed by atoms with E-state index in [1.54, 1.807) is 26.2 Å². The van der Waals surface area contributed by atoms with Crippen LogP contribution in [0.5, 0.6) is 0 Å². The smallest absolute Gasteiger partial charge is 0.253 e. The van der Waals surface area contributed by atoms with Gasteiger partial charge in [0.25, 0.3) is 5.91 Å². The van der Waals surface area contributed by atoms with Crippen molar-refractivity contribution in [2.45, 2.75) is 12.8 Å². The number of hydrogen-bond donors (Lipinski definition) is 1. The molecule has 0 radical (unpaired) electrons. The molecule has 0 saturated heterocycles.